The van der Waals surface area contributed by atoms with Crippen LogP contribution < -0.4 is 0 Å². The third-order valence-electron chi connectivity index (χ3n) is 1.66. The van der Waals surface area contributed by atoms with Crippen molar-refractivity contribution in [2.45, 2.75) is 13.0 Å². The molecule has 0 saturated carbocycles. The van der Waals surface area contributed by atoms with Crippen LogP contribution in [0.25, 0.3) is 0 Å². The van der Waals surface area contributed by atoms with Gasteiger partial charge in [0.15, 0.2) is 0 Å². The van der Waals surface area contributed by atoms with Gasteiger partial charge in [-0.15, -0.1) is 0 Å². The highest BCUT2D eigenvalue weighted by Crippen LogP contribution is 2.20. The van der Waals surface area contributed by atoms with E-state index in [4.69, 9.17) is 5.11 Å². The molecule has 2 N–H and O–H groups in total. The van der Waals surface area contributed by atoms with Crippen molar-refractivity contribution in [1.29, 1.82) is 0 Å². The molecule has 0 aliphatic heterocycles. The summed E-state index contributed by atoms with van der Waals surface area (Å²) in [4.78, 5) is 14.1. The number of phenols is 2. The molecule has 1 unspecified atom stereocenters. The Labute approximate surface area is 81.5 Å². The van der Waals surface area contributed by atoms with Crippen LogP contribution in [-0.2, 0) is 4.79 Å². The van der Waals surface area contributed by atoms with Gasteiger partial charge in [-0.1, -0.05) is 0 Å². The zero-order chi connectivity index (χ0) is 10.6. The molecule has 1 atom stereocenters. The second-order valence-electron chi connectivity index (χ2n) is 2.90. The molecular weight excluding hydrogens is 182 g/mol. The number of nitrogens with zero attached hydrogens (tertiary/aromatic N) is 1. The maximum atomic E-state index is 10.2. The first kappa shape index (κ1) is 10.2. The summed E-state index contributed by atoms with van der Waals surface area (Å²) in [5.74, 6) is -0.0741. The van der Waals surface area contributed by atoms with Gasteiger partial charge in [-0.05, 0) is 19.1 Å². The highest BCUT2D eigenvalue weighted by atomic mass is 16.3. The minimum Gasteiger partial charge on any atom is -0.508 e. The molecule has 0 aromatic heterocycles. The molecule has 1 aromatic rings. The van der Waals surface area contributed by atoms with Gasteiger partial charge in [-0.25, -0.2) is 0 Å². The Morgan fingerprint density at radius 3 is 2.71 bits per heavy atom. The second-order valence-corrected chi connectivity index (χ2v) is 2.90. The van der Waals surface area contributed by atoms with Crippen LogP contribution in [0.5, 0.6) is 11.5 Å². The molecule has 0 radical (unpaired) electrons. The minimum absolute atomic E-state index is 0.0110. The predicted octanol–water partition coefficient (Wildman–Crippen LogP) is 1.10. The van der Waals surface area contributed by atoms with Crippen LogP contribution in [-0.4, -0.2) is 28.8 Å². The van der Waals surface area contributed by atoms with Gasteiger partial charge in [-0.2, -0.15) is 0 Å². The fraction of sp³-hybridized carbons (Fsp3) is 0.200. The molecule has 14 heavy (non-hydrogen) atoms. The largest absolute Gasteiger partial charge is 0.508 e. The van der Waals surface area contributed by atoms with Gasteiger partial charge >= 0.3 is 0 Å². The van der Waals surface area contributed by atoms with Gasteiger partial charge in [0.1, 0.15) is 23.8 Å². The summed E-state index contributed by atoms with van der Waals surface area (Å²) >= 11 is 0. The van der Waals surface area contributed by atoms with E-state index in [1.807, 2.05) is 0 Å². The summed E-state index contributed by atoms with van der Waals surface area (Å²) in [6.07, 6.45) is 2.10. The fourth-order valence-corrected chi connectivity index (χ4v) is 0.874. The number of carbonyl (C=O) groups excluding carboxylic acids is 1. The zero-order valence-corrected chi connectivity index (χ0v) is 7.71. The first-order valence-electron chi connectivity index (χ1n) is 4.14. The smallest absolute Gasteiger partial charge is 0.144 e. The Hall–Kier alpha value is -1.84. The number of aliphatic imine (C=N–C) groups is 1. The van der Waals surface area contributed by atoms with Crippen LogP contribution in [0.15, 0.2) is 23.2 Å². The van der Waals surface area contributed by atoms with E-state index in [9.17, 15) is 9.90 Å². The van der Waals surface area contributed by atoms with Crippen molar-refractivity contribution in [1.82, 2.24) is 0 Å². The van der Waals surface area contributed by atoms with E-state index >= 15 is 0 Å². The normalized spacial score (nSPS) is 12.9. The molecule has 0 aliphatic carbocycles. The third-order valence-corrected chi connectivity index (χ3v) is 1.66. The monoisotopic (exact) mass is 193 g/mol. The Morgan fingerprint density at radius 2 is 2.14 bits per heavy atom. The van der Waals surface area contributed by atoms with Crippen LogP contribution in [0.2, 0.25) is 0 Å². The fourth-order valence-electron chi connectivity index (χ4n) is 0.874. The van der Waals surface area contributed by atoms with Gasteiger partial charge in [0.2, 0.25) is 0 Å². The molecule has 0 saturated heterocycles. The van der Waals surface area contributed by atoms with E-state index in [1.54, 1.807) is 6.92 Å². The lowest BCUT2D eigenvalue weighted by Gasteiger charge is -1.99. The lowest BCUT2D eigenvalue weighted by molar-refractivity contribution is -0.108. The third kappa shape index (κ3) is 2.58. The van der Waals surface area contributed by atoms with Gasteiger partial charge in [0, 0.05) is 17.8 Å². The van der Waals surface area contributed by atoms with Crippen LogP contribution >= 0.6 is 0 Å². The zero-order valence-electron chi connectivity index (χ0n) is 7.71. The van der Waals surface area contributed by atoms with Crippen LogP contribution in [0.1, 0.15) is 12.5 Å². The van der Waals surface area contributed by atoms with Crippen molar-refractivity contribution in [3.8, 4) is 11.5 Å². The van der Waals surface area contributed by atoms with Gasteiger partial charge < -0.3 is 15.0 Å². The molecular formula is C10H11NO3. The summed E-state index contributed by atoms with van der Waals surface area (Å²) in [5.41, 5.74) is 0.469. The van der Waals surface area contributed by atoms with Gasteiger partial charge in [0.25, 0.3) is 0 Å². The first-order chi connectivity index (χ1) is 6.63. The molecule has 4 nitrogen and oxygen atoms in total. The van der Waals surface area contributed by atoms with E-state index < -0.39 is 6.04 Å². The number of phenolic OH excluding ortho intramolecular Hbond substituents is 2. The quantitative estimate of drug-likeness (QED) is 0.558. The molecule has 0 heterocycles. The molecule has 4 heteroatoms. The molecule has 0 aliphatic rings. The number of aromatic hydroxyl groups is 2. The van der Waals surface area contributed by atoms with Crippen molar-refractivity contribution in [2.75, 3.05) is 0 Å². The van der Waals surface area contributed by atoms with Gasteiger partial charge in [0.05, 0.1) is 0 Å². The van der Waals surface area contributed by atoms with Crippen molar-refractivity contribution in [2.24, 2.45) is 4.99 Å². The molecule has 1 aromatic carbocycles. The summed E-state index contributed by atoms with van der Waals surface area (Å²) in [7, 11) is 0. The van der Waals surface area contributed by atoms with Crippen molar-refractivity contribution in [3.63, 3.8) is 0 Å². The standard InChI is InChI=1S/C10H11NO3/c1-7(6-12)11-5-8-2-3-9(13)4-10(8)14/h2-7,13-14H,1H3/b11-5-. The average molecular weight is 193 g/mol. The molecule has 0 fully saturated rings. The van der Waals surface area contributed by atoms with E-state index in [0.29, 0.717) is 11.8 Å². The Balaban J connectivity index is 2.86. The summed E-state index contributed by atoms with van der Waals surface area (Å²) in [6.45, 7) is 1.64. The van der Waals surface area contributed by atoms with Crippen LogP contribution in [0.4, 0.5) is 0 Å². The average Bonchev–Trinajstić information content (AvgIpc) is 2.16. The topological polar surface area (TPSA) is 69.9 Å². The van der Waals surface area contributed by atoms with E-state index in [-0.39, 0.29) is 11.5 Å². The molecule has 1 rings (SSSR count). The lowest BCUT2D eigenvalue weighted by atomic mass is 10.2. The second kappa shape index (κ2) is 4.41. The van der Waals surface area contributed by atoms with Crippen molar-refractivity contribution < 1.29 is 15.0 Å². The summed E-state index contributed by atoms with van der Waals surface area (Å²) < 4.78 is 0. The summed E-state index contributed by atoms with van der Waals surface area (Å²) in [6, 6.07) is 3.74. The Bertz CT molecular complexity index is 360. The maximum absolute atomic E-state index is 10.2. The number of carbonyl (C=O) groups is 1. The number of benzene rings is 1. The highest BCUT2D eigenvalue weighted by molar-refractivity contribution is 5.84. The molecule has 0 bridgehead atoms. The van der Waals surface area contributed by atoms with Crippen LogP contribution in [0, 0.1) is 0 Å². The summed E-state index contributed by atoms with van der Waals surface area (Å²) in [5, 5.41) is 18.3. The number of hydrogen-bond donors (Lipinski definition) is 2. The van der Waals surface area contributed by atoms with E-state index in [1.165, 1.54) is 24.4 Å². The Morgan fingerprint density at radius 1 is 1.43 bits per heavy atom. The molecule has 0 spiro atoms. The number of aldehydes is 1. The number of rotatable bonds is 3. The molecule has 0 amide bonds. The van der Waals surface area contributed by atoms with Gasteiger partial charge in [-0.3, -0.25) is 4.99 Å². The molecule has 74 valence electrons. The van der Waals surface area contributed by atoms with E-state index in [0.717, 1.165) is 0 Å². The highest BCUT2D eigenvalue weighted by Gasteiger charge is 1.99. The lowest BCUT2D eigenvalue weighted by Crippen LogP contribution is -1.98. The maximum Gasteiger partial charge on any atom is 0.144 e. The van der Waals surface area contributed by atoms with Crippen LogP contribution in [0.3, 0.4) is 0 Å². The Kier molecular flexibility index (Phi) is 3.23. The van der Waals surface area contributed by atoms with Crippen molar-refractivity contribution >= 4 is 12.5 Å². The minimum atomic E-state index is -0.428. The van der Waals surface area contributed by atoms with E-state index in [2.05, 4.69) is 4.99 Å². The van der Waals surface area contributed by atoms with Crippen molar-refractivity contribution in [3.05, 3.63) is 23.8 Å². The first-order valence-corrected chi connectivity index (χ1v) is 4.14. The SMILES string of the molecule is CC(C=O)/N=C\c1ccc(O)cc1O. The number of hydrogen-bond acceptors (Lipinski definition) is 4. The predicted molar refractivity (Wildman–Crippen MR) is 52.9 cm³/mol.